The Morgan fingerprint density at radius 2 is 1.76 bits per heavy atom. The van der Waals surface area contributed by atoms with Gasteiger partial charge in [0.1, 0.15) is 18.5 Å². The monoisotopic (exact) mass is 429 g/mol. The fourth-order valence-corrected chi connectivity index (χ4v) is 4.97. The van der Waals surface area contributed by atoms with Gasteiger partial charge in [0.2, 0.25) is 5.91 Å². The second-order valence-corrected chi connectivity index (χ2v) is 9.11. The van der Waals surface area contributed by atoms with E-state index < -0.39 is 16.0 Å². The summed E-state index contributed by atoms with van der Waals surface area (Å²) >= 11 is 3.51. The van der Waals surface area contributed by atoms with E-state index in [-0.39, 0.29) is 5.91 Å². The van der Waals surface area contributed by atoms with Crippen molar-refractivity contribution in [3.05, 3.63) is 22.2 Å². The van der Waals surface area contributed by atoms with Gasteiger partial charge in [0.05, 0.1) is 5.75 Å². The van der Waals surface area contributed by atoms with E-state index in [0.29, 0.717) is 30.5 Å². The number of rotatable bonds is 4. The Morgan fingerprint density at radius 1 is 1.16 bits per heavy atom. The summed E-state index contributed by atoms with van der Waals surface area (Å²) in [6, 6.07) is 3.71. The molecule has 1 amide bonds. The Morgan fingerprint density at radius 3 is 2.40 bits per heavy atom. The van der Waals surface area contributed by atoms with Gasteiger partial charge in [-0.1, -0.05) is 28.8 Å². The van der Waals surface area contributed by atoms with E-state index in [1.54, 1.807) is 6.92 Å². The van der Waals surface area contributed by atoms with Gasteiger partial charge in [-0.05, 0) is 37.5 Å². The number of fused-ring (bicyclic) bond motifs is 1. The molecule has 0 radical (unpaired) electrons. The number of carbonyl (C=O) groups excluding carboxylic acids is 1. The molecule has 2 atom stereocenters. The number of nitrogens with zero attached hydrogens (tertiary/aromatic N) is 1. The smallest absolute Gasteiger partial charge is 0.238 e. The number of amides is 1. The highest BCUT2D eigenvalue weighted by molar-refractivity contribution is 9.10. The molecule has 0 bridgehead atoms. The zero-order valence-corrected chi connectivity index (χ0v) is 16.9. The van der Waals surface area contributed by atoms with E-state index in [9.17, 15) is 9.00 Å². The maximum absolute atomic E-state index is 12.8. The molecule has 1 aromatic rings. The maximum Gasteiger partial charge on any atom is 0.238 e. The van der Waals surface area contributed by atoms with E-state index in [1.807, 2.05) is 17.0 Å². The van der Waals surface area contributed by atoms with Crippen LogP contribution in [0, 0.1) is 0 Å². The van der Waals surface area contributed by atoms with Gasteiger partial charge in [0.25, 0.3) is 0 Å². The van der Waals surface area contributed by atoms with Crippen molar-refractivity contribution in [2.75, 3.05) is 26.3 Å². The summed E-state index contributed by atoms with van der Waals surface area (Å²) in [5.74, 6) is 1.70. The van der Waals surface area contributed by atoms with Crippen LogP contribution >= 0.6 is 15.9 Å². The van der Waals surface area contributed by atoms with Crippen molar-refractivity contribution in [1.82, 2.24) is 4.90 Å². The number of carbonyl (C=O) groups is 1. The molecule has 2 heterocycles. The summed E-state index contributed by atoms with van der Waals surface area (Å²) in [6.07, 6.45) is 4.42. The minimum atomic E-state index is -1.28. The Kier molecular flexibility index (Phi) is 6.39. The molecule has 2 aliphatic heterocycles. The number of benzene rings is 1. The van der Waals surface area contributed by atoms with Gasteiger partial charge in [-0.15, -0.1) is 0 Å². The van der Waals surface area contributed by atoms with Gasteiger partial charge in [0.15, 0.2) is 11.5 Å². The van der Waals surface area contributed by atoms with Crippen LogP contribution in [-0.2, 0) is 21.3 Å². The molecule has 1 aromatic carbocycles. The molecular weight excluding hydrogens is 406 g/mol. The first-order valence-corrected chi connectivity index (χ1v) is 11.0. The van der Waals surface area contributed by atoms with Crippen molar-refractivity contribution >= 4 is 32.6 Å². The molecule has 138 valence electrons. The Balaban J connectivity index is 1.67. The van der Waals surface area contributed by atoms with Crippen LogP contribution < -0.4 is 9.47 Å². The third-order valence-corrected chi connectivity index (χ3v) is 6.99. The lowest BCUT2D eigenvalue weighted by Gasteiger charge is -2.24. The van der Waals surface area contributed by atoms with Gasteiger partial charge in [-0.2, -0.15) is 0 Å². The van der Waals surface area contributed by atoms with Crippen LogP contribution in [-0.4, -0.2) is 46.6 Å². The molecule has 5 nitrogen and oxygen atoms in total. The number of halogens is 1. The first-order valence-electron chi connectivity index (χ1n) is 8.80. The Labute approximate surface area is 159 Å². The van der Waals surface area contributed by atoms with E-state index in [2.05, 4.69) is 15.9 Å². The number of hydrogen-bond acceptors (Lipinski definition) is 4. The molecule has 3 rings (SSSR count). The second-order valence-electron chi connectivity index (χ2n) is 6.49. The number of hydrogen-bond donors (Lipinski definition) is 0. The van der Waals surface area contributed by atoms with Crippen molar-refractivity contribution in [1.29, 1.82) is 0 Å². The predicted molar refractivity (Wildman–Crippen MR) is 101 cm³/mol. The van der Waals surface area contributed by atoms with E-state index in [0.717, 1.165) is 36.0 Å². The SMILES string of the molecule is CC(C(=O)N1CCCCCC1)S(=O)Cc1cc2c(cc1Br)OCCO2. The Bertz CT molecular complexity index is 659. The molecule has 0 aromatic heterocycles. The second kappa shape index (κ2) is 8.54. The van der Waals surface area contributed by atoms with E-state index in [1.165, 1.54) is 12.8 Å². The van der Waals surface area contributed by atoms with Crippen LogP contribution in [0.1, 0.15) is 38.2 Å². The molecule has 0 N–H and O–H groups in total. The van der Waals surface area contributed by atoms with Gasteiger partial charge in [-0.3, -0.25) is 9.00 Å². The standard InChI is InChI=1S/C18H24BrNO4S/c1-13(18(21)20-6-4-2-3-5-7-20)25(22)12-14-10-16-17(11-15(14)19)24-9-8-23-16/h10-11,13H,2-9,12H2,1H3. The van der Waals surface area contributed by atoms with Crippen molar-refractivity contribution < 1.29 is 18.5 Å². The van der Waals surface area contributed by atoms with Crippen molar-refractivity contribution in [3.8, 4) is 11.5 Å². The molecule has 1 fully saturated rings. The molecule has 0 saturated carbocycles. The van der Waals surface area contributed by atoms with Crippen LogP contribution in [0.15, 0.2) is 16.6 Å². The van der Waals surface area contributed by atoms with Crippen LogP contribution in [0.4, 0.5) is 0 Å². The third kappa shape index (κ3) is 4.56. The number of likely N-dealkylation sites (tertiary alicyclic amines) is 1. The topological polar surface area (TPSA) is 55.8 Å². The zero-order valence-electron chi connectivity index (χ0n) is 14.5. The molecule has 7 heteroatoms. The van der Waals surface area contributed by atoms with Crippen molar-refractivity contribution in [2.45, 2.75) is 43.6 Å². The zero-order chi connectivity index (χ0) is 17.8. The largest absolute Gasteiger partial charge is 0.486 e. The van der Waals surface area contributed by atoms with Gasteiger partial charge >= 0.3 is 0 Å². The van der Waals surface area contributed by atoms with E-state index in [4.69, 9.17) is 9.47 Å². The first kappa shape index (κ1) is 18.7. The van der Waals surface area contributed by atoms with Crippen molar-refractivity contribution in [2.24, 2.45) is 0 Å². The summed E-state index contributed by atoms with van der Waals surface area (Å²) in [5.41, 5.74) is 0.873. The molecule has 25 heavy (non-hydrogen) atoms. The summed E-state index contributed by atoms with van der Waals surface area (Å²) in [6.45, 7) is 4.39. The average Bonchev–Trinajstić information content (AvgIpc) is 2.90. The average molecular weight is 430 g/mol. The van der Waals surface area contributed by atoms with Gasteiger partial charge in [-0.25, -0.2) is 0 Å². The highest BCUT2D eigenvalue weighted by atomic mass is 79.9. The van der Waals surface area contributed by atoms with Crippen molar-refractivity contribution in [3.63, 3.8) is 0 Å². The molecular formula is C18H24BrNO4S. The third-order valence-electron chi connectivity index (χ3n) is 4.67. The molecule has 0 aliphatic carbocycles. The minimum Gasteiger partial charge on any atom is -0.486 e. The molecule has 2 aliphatic rings. The minimum absolute atomic E-state index is 0.00824. The molecule has 2 unspecified atom stereocenters. The summed E-state index contributed by atoms with van der Waals surface area (Å²) in [5, 5.41) is -0.502. The molecule has 1 saturated heterocycles. The van der Waals surface area contributed by atoms with E-state index >= 15 is 0 Å². The molecule has 0 spiro atoms. The normalized spacial score (nSPS) is 19.8. The highest BCUT2D eigenvalue weighted by Gasteiger charge is 2.27. The highest BCUT2D eigenvalue weighted by Crippen LogP contribution is 2.36. The quantitative estimate of drug-likeness (QED) is 0.736. The fourth-order valence-electron chi connectivity index (χ4n) is 3.16. The number of ether oxygens (including phenoxy) is 2. The Hall–Kier alpha value is -1.08. The van der Waals surface area contributed by atoms with Crippen LogP contribution in [0.2, 0.25) is 0 Å². The summed E-state index contributed by atoms with van der Waals surface area (Å²) in [4.78, 5) is 14.6. The van der Waals surface area contributed by atoms with Gasteiger partial charge < -0.3 is 14.4 Å². The predicted octanol–water partition coefficient (Wildman–Crippen LogP) is 3.26. The van der Waals surface area contributed by atoms with Crippen LogP contribution in [0.3, 0.4) is 0 Å². The first-order chi connectivity index (χ1) is 12.1. The summed E-state index contributed by atoms with van der Waals surface area (Å²) < 4.78 is 24.8. The fraction of sp³-hybridized carbons (Fsp3) is 0.611. The lowest BCUT2D eigenvalue weighted by atomic mass is 10.2. The van der Waals surface area contributed by atoms with Crippen LogP contribution in [0.25, 0.3) is 0 Å². The van der Waals surface area contributed by atoms with Gasteiger partial charge in [0, 0.05) is 28.4 Å². The maximum atomic E-state index is 12.8. The summed E-state index contributed by atoms with van der Waals surface area (Å²) in [7, 11) is -1.28. The lowest BCUT2D eigenvalue weighted by molar-refractivity contribution is -0.130. The lowest BCUT2D eigenvalue weighted by Crippen LogP contribution is -2.40. The van der Waals surface area contributed by atoms with Crippen LogP contribution in [0.5, 0.6) is 11.5 Å².